The second kappa shape index (κ2) is 6.98. The van der Waals surface area contributed by atoms with Gasteiger partial charge < -0.3 is 9.73 Å². The predicted molar refractivity (Wildman–Crippen MR) is 75.7 cm³/mol. The molecule has 2 heteroatoms. The Morgan fingerprint density at radius 2 is 2.00 bits per heavy atom. The van der Waals surface area contributed by atoms with Gasteiger partial charge in [-0.2, -0.15) is 0 Å². The molecule has 2 nitrogen and oxygen atoms in total. The maximum Gasteiger partial charge on any atom is 0.105 e. The van der Waals surface area contributed by atoms with Crippen molar-refractivity contribution in [2.45, 2.75) is 64.8 Å². The first kappa shape index (κ1) is 13.7. The highest BCUT2D eigenvalue weighted by Crippen LogP contribution is 2.35. The van der Waals surface area contributed by atoms with Gasteiger partial charge in [0.2, 0.25) is 0 Å². The summed E-state index contributed by atoms with van der Waals surface area (Å²) in [5.74, 6) is 1.88. The lowest BCUT2D eigenvalue weighted by atomic mass is 9.87. The van der Waals surface area contributed by atoms with E-state index < -0.39 is 0 Å². The van der Waals surface area contributed by atoms with Gasteiger partial charge in [0, 0.05) is 11.6 Å². The topological polar surface area (TPSA) is 25.2 Å². The van der Waals surface area contributed by atoms with Gasteiger partial charge in [0.1, 0.15) is 5.76 Å². The molecule has 0 amide bonds. The first-order valence-electron chi connectivity index (χ1n) is 7.60. The molecule has 1 fully saturated rings. The number of hydrogen-bond donors (Lipinski definition) is 1. The molecular weight excluding hydrogens is 222 g/mol. The van der Waals surface area contributed by atoms with Gasteiger partial charge in [0.05, 0.1) is 6.26 Å². The Morgan fingerprint density at radius 3 is 2.56 bits per heavy atom. The van der Waals surface area contributed by atoms with Gasteiger partial charge in [-0.25, -0.2) is 0 Å². The third-order valence-electron chi connectivity index (χ3n) is 4.22. The molecular formula is C16H27NO. The molecule has 0 aromatic carbocycles. The highest BCUT2D eigenvalue weighted by Gasteiger charge is 2.25. The molecule has 0 spiro atoms. The van der Waals surface area contributed by atoms with Gasteiger partial charge in [-0.3, -0.25) is 0 Å². The second-order valence-corrected chi connectivity index (χ2v) is 5.62. The zero-order valence-electron chi connectivity index (χ0n) is 11.9. The molecule has 1 unspecified atom stereocenters. The molecule has 0 aliphatic heterocycles. The molecule has 18 heavy (non-hydrogen) atoms. The minimum Gasteiger partial charge on any atom is -0.469 e. The van der Waals surface area contributed by atoms with Crippen molar-refractivity contribution in [3.05, 3.63) is 23.7 Å². The molecule has 1 aliphatic carbocycles. The van der Waals surface area contributed by atoms with Crippen LogP contribution in [0.3, 0.4) is 0 Å². The fourth-order valence-electron chi connectivity index (χ4n) is 3.19. The normalized spacial score (nSPS) is 19.7. The maximum atomic E-state index is 5.51. The highest BCUT2D eigenvalue weighted by atomic mass is 16.3. The molecule has 0 bridgehead atoms. The Bertz CT molecular complexity index is 337. The third kappa shape index (κ3) is 3.38. The number of rotatable bonds is 5. The molecule has 1 aromatic rings. The highest BCUT2D eigenvalue weighted by molar-refractivity contribution is 5.21. The van der Waals surface area contributed by atoms with Gasteiger partial charge in [0.15, 0.2) is 0 Å². The number of furan rings is 1. The molecule has 1 atom stereocenters. The lowest BCUT2D eigenvalue weighted by molar-refractivity contribution is 0.322. The van der Waals surface area contributed by atoms with E-state index in [0.29, 0.717) is 6.04 Å². The van der Waals surface area contributed by atoms with Crippen LogP contribution in [0, 0.1) is 12.8 Å². The SMILES string of the molecule is CCCNC(c1ccoc1C)C1CCCCCC1. The minimum atomic E-state index is 0.502. The van der Waals surface area contributed by atoms with Gasteiger partial charge >= 0.3 is 0 Å². The fraction of sp³-hybridized carbons (Fsp3) is 0.750. The van der Waals surface area contributed by atoms with E-state index in [1.54, 1.807) is 0 Å². The summed E-state index contributed by atoms with van der Waals surface area (Å²) in [6.45, 7) is 5.43. The predicted octanol–water partition coefficient (Wildman–Crippen LogP) is 4.60. The van der Waals surface area contributed by atoms with Crippen molar-refractivity contribution >= 4 is 0 Å². The van der Waals surface area contributed by atoms with E-state index in [4.69, 9.17) is 4.42 Å². The van der Waals surface area contributed by atoms with Crippen molar-refractivity contribution in [1.29, 1.82) is 0 Å². The number of hydrogen-bond acceptors (Lipinski definition) is 2. The van der Waals surface area contributed by atoms with Crippen molar-refractivity contribution in [3.8, 4) is 0 Å². The van der Waals surface area contributed by atoms with Crippen LogP contribution in [0.15, 0.2) is 16.7 Å². The van der Waals surface area contributed by atoms with E-state index in [1.165, 1.54) is 50.5 Å². The zero-order valence-corrected chi connectivity index (χ0v) is 11.9. The van der Waals surface area contributed by atoms with Crippen molar-refractivity contribution < 1.29 is 4.42 Å². The molecule has 1 aliphatic rings. The quantitative estimate of drug-likeness (QED) is 0.771. The van der Waals surface area contributed by atoms with Crippen molar-refractivity contribution in [3.63, 3.8) is 0 Å². The average molecular weight is 249 g/mol. The first-order valence-corrected chi connectivity index (χ1v) is 7.60. The van der Waals surface area contributed by atoms with Crippen LogP contribution in [0.4, 0.5) is 0 Å². The molecule has 1 heterocycles. The van der Waals surface area contributed by atoms with Crippen LogP contribution < -0.4 is 5.32 Å². The Labute approximate surface area is 111 Å². The summed E-state index contributed by atoms with van der Waals surface area (Å²) in [7, 11) is 0. The second-order valence-electron chi connectivity index (χ2n) is 5.62. The molecule has 2 rings (SSSR count). The molecule has 0 radical (unpaired) electrons. The number of aryl methyl sites for hydroxylation is 1. The van der Waals surface area contributed by atoms with E-state index in [-0.39, 0.29) is 0 Å². The van der Waals surface area contributed by atoms with Crippen LogP contribution in [0.5, 0.6) is 0 Å². The van der Waals surface area contributed by atoms with Gasteiger partial charge in [-0.1, -0.05) is 32.6 Å². The standard InChI is InChI=1S/C16H27NO/c1-3-11-17-16(15-10-12-18-13(15)2)14-8-6-4-5-7-9-14/h10,12,14,16-17H,3-9,11H2,1-2H3. The van der Waals surface area contributed by atoms with Crippen LogP contribution in [-0.2, 0) is 0 Å². The molecule has 1 aromatic heterocycles. The van der Waals surface area contributed by atoms with Gasteiger partial charge in [0.25, 0.3) is 0 Å². The number of nitrogens with one attached hydrogen (secondary N) is 1. The first-order chi connectivity index (χ1) is 8.83. The molecule has 0 saturated heterocycles. The summed E-state index contributed by atoms with van der Waals surface area (Å²) in [4.78, 5) is 0. The molecule has 1 saturated carbocycles. The van der Waals surface area contributed by atoms with Crippen LogP contribution in [0.25, 0.3) is 0 Å². The zero-order chi connectivity index (χ0) is 12.8. The van der Waals surface area contributed by atoms with E-state index in [9.17, 15) is 0 Å². The Kier molecular flexibility index (Phi) is 5.30. The molecule has 1 N–H and O–H groups in total. The van der Waals surface area contributed by atoms with E-state index in [2.05, 4.69) is 25.2 Å². The van der Waals surface area contributed by atoms with E-state index in [1.807, 2.05) is 6.26 Å². The average Bonchev–Trinajstić information content (AvgIpc) is 2.65. The minimum absolute atomic E-state index is 0.502. The summed E-state index contributed by atoms with van der Waals surface area (Å²) in [6, 6.07) is 2.66. The maximum absolute atomic E-state index is 5.51. The summed E-state index contributed by atoms with van der Waals surface area (Å²) in [6.07, 6.45) is 11.4. The van der Waals surface area contributed by atoms with Crippen molar-refractivity contribution in [1.82, 2.24) is 5.32 Å². The summed E-state index contributed by atoms with van der Waals surface area (Å²) < 4.78 is 5.51. The van der Waals surface area contributed by atoms with Crippen LogP contribution >= 0.6 is 0 Å². The lowest BCUT2D eigenvalue weighted by Crippen LogP contribution is -2.29. The third-order valence-corrected chi connectivity index (χ3v) is 4.22. The fourth-order valence-corrected chi connectivity index (χ4v) is 3.19. The van der Waals surface area contributed by atoms with Crippen LogP contribution in [-0.4, -0.2) is 6.54 Å². The monoisotopic (exact) mass is 249 g/mol. The van der Waals surface area contributed by atoms with Crippen molar-refractivity contribution in [2.24, 2.45) is 5.92 Å². The van der Waals surface area contributed by atoms with Crippen LogP contribution in [0.1, 0.15) is 69.2 Å². The largest absolute Gasteiger partial charge is 0.469 e. The van der Waals surface area contributed by atoms with E-state index in [0.717, 1.165) is 18.2 Å². The van der Waals surface area contributed by atoms with Gasteiger partial charge in [-0.05, 0) is 44.7 Å². The smallest absolute Gasteiger partial charge is 0.105 e. The van der Waals surface area contributed by atoms with Crippen LogP contribution in [0.2, 0.25) is 0 Å². The summed E-state index contributed by atoms with van der Waals surface area (Å²) in [5.41, 5.74) is 1.38. The summed E-state index contributed by atoms with van der Waals surface area (Å²) in [5, 5.41) is 3.75. The van der Waals surface area contributed by atoms with E-state index >= 15 is 0 Å². The summed E-state index contributed by atoms with van der Waals surface area (Å²) >= 11 is 0. The van der Waals surface area contributed by atoms with Gasteiger partial charge in [-0.15, -0.1) is 0 Å². The molecule has 102 valence electrons. The Hall–Kier alpha value is -0.760. The van der Waals surface area contributed by atoms with Crippen molar-refractivity contribution in [2.75, 3.05) is 6.54 Å². The lowest BCUT2D eigenvalue weighted by Gasteiger charge is -2.27. The Morgan fingerprint density at radius 1 is 1.28 bits per heavy atom. The Balaban J connectivity index is 2.10.